The summed E-state index contributed by atoms with van der Waals surface area (Å²) in [6.45, 7) is 2.00. The maximum Gasteiger partial charge on any atom is 0.0466 e. The lowest BCUT2D eigenvalue weighted by atomic mass is 10.1. The fourth-order valence-corrected chi connectivity index (χ4v) is 2.86. The van der Waals surface area contributed by atoms with Gasteiger partial charge in [-0.3, -0.25) is 0 Å². The predicted octanol–water partition coefficient (Wildman–Crippen LogP) is 5.00. The Bertz CT molecular complexity index is 446. The molecule has 0 saturated carbocycles. The summed E-state index contributed by atoms with van der Waals surface area (Å²) in [5.41, 5.74) is 0. The molecule has 0 radical (unpaired) electrons. The molecule has 0 atom stereocenters. The first-order chi connectivity index (χ1) is 8.29. The molecule has 3 rings (SSSR count). The van der Waals surface area contributed by atoms with E-state index in [-0.39, 0.29) is 0 Å². The van der Waals surface area contributed by atoms with Crippen molar-refractivity contribution in [2.24, 2.45) is 0 Å². The molecule has 3 heteroatoms. The second-order valence-corrected chi connectivity index (χ2v) is 5.91. The standard InChI is InChI=1S/C10H6BrI.C4H8O/c11-9-5-6-10(12)8-4-2-1-3-7(8)9;1-2-4-5-3-1/h1-6H;1-4H2. The van der Waals surface area contributed by atoms with Crippen molar-refractivity contribution >= 4 is 49.3 Å². The van der Waals surface area contributed by atoms with E-state index in [1.807, 2.05) is 0 Å². The third-order valence-corrected chi connectivity index (χ3v) is 4.28. The molecule has 90 valence electrons. The average Bonchev–Trinajstić information content (AvgIpc) is 2.93. The van der Waals surface area contributed by atoms with Gasteiger partial charge in [0.25, 0.3) is 0 Å². The van der Waals surface area contributed by atoms with E-state index in [1.54, 1.807) is 0 Å². The van der Waals surface area contributed by atoms with Crippen molar-refractivity contribution < 1.29 is 4.74 Å². The molecule has 1 heterocycles. The summed E-state index contributed by atoms with van der Waals surface area (Å²) < 4.78 is 7.41. The third-order valence-electron chi connectivity index (χ3n) is 2.65. The maximum atomic E-state index is 4.94. The lowest BCUT2D eigenvalue weighted by Crippen LogP contribution is -1.77. The summed E-state index contributed by atoms with van der Waals surface area (Å²) in [6.07, 6.45) is 2.56. The normalized spacial score (nSPS) is 14.5. The minimum atomic E-state index is 1.00. The first kappa shape index (κ1) is 13.3. The van der Waals surface area contributed by atoms with Gasteiger partial charge in [0, 0.05) is 21.3 Å². The molecule has 1 fully saturated rings. The number of halogens is 2. The van der Waals surface area contributed by atoms with Gasteiger partial charge in [0.1, 0.15) is 0 Å². The zero-order valence-electron chi connectivity index (χ0n) is 9.46. The summed E-state index contributed by atoms with van der Waals surface area (Å²) in [5, 5.41) is 2.59. The molecule has 0 amide bonds. The Morgan fingerprint density at radius 3 is 2.12 bits per heavy atom. The molecule has 0 spiro atoms. The van der Waals surface area contributed by atoms with Crippen LogP contribution in [0.4, 0.5) is 0 Å². The number of fused-ring (bicyclic) bond motifs is 1. The Labute approximate surface area is 124 Å². The number of hydrogen-bond acceptors (Lipinski definition) is 1. The first-order valence-corrected chi connectivity index (χ1v) is 7.57. The van der Waals surface area contributed by atoms with Crippen LogP contribution in [0.5, 0.6) is 0 Å². The highest BCUT2D eigenvalue weighted by Gasteiger charge is 1.99. The third kappa shape index (κ3) is 3.66. The van der Waals surface area contributed by atoms with Gasteiger partial charge in [-0.05, 0) is 58.3 Å². The molecular weight excluding hydrogens is 391 g/mol. The first-order valence-electron chi connectivity index (χ1n) is 5.69. The summed E-state index contributed by atoms with van der Waals surface area (Å²) in [6, 6.07) is 12.6. The van der Waals surface area contributed by atoms with Crippen LogP contribution in [0.15, 0.2) is 40.9 Å². The van der Waals surface area contributed by atoms with Crippen LogP contribution in [0.25, 0.3) is 10.8 Å². The van der Waals surface area contributed by atoms with Crippen LogP contribution in [0.2, 0.25) is 0 Å². The maximum absolute atomic E-state index is 4.94. The predicted molar refractivity (Wildman–Crippen MR) is 84.4 cm³/mol. The van der Waals surface area contributed by atoms with Gasteiger partial charge in [0.15, 0.2) is 0 Å². The second kappa shape index (κ2) is 6.71. The van der Waals surface area contributed by atoms with Crippen LogP contribution in [0.1, 0.15) is 12.8 Å². The van der Waals surface area contributed by atoms with Crippen LogP contribution >= 0.6 is 38.5 Å². The highest BCUT2D eigenvalue weighted by Crippen LogP contribution is 2.27. The molecule has 1 aliphatic heterocycles. The molecule has 0 bridgehead atoms. The average molecular weight is 405 g/mol. The molecule has 17 heavy (non-hydrogen) atoms. The minimum absolute atomic E-state index is 1.00. The lowest BCUT2D eigenvalue weighted by Gasteiger charge is -2.01. The van der Waals surface area contributed by atoms with E-state index in [0.29, 0.717) is 0 Å². The lowest BCUT2D eigenvalue weighted by molar-refractivity contribution is 0.198. The Kier molecular flexibility index (Phi) is 5.25. The number of rotatable bonds is 0. The van der Waals surface area contributed by atoms with Gasteiger partial charge in [-0.25, -0.2) is 0 Å². The molecule has 1 aliphatic rings. The molecule has 0 N–H and O–H groups in total. The Balaban J connectivity index is 0.000000181. The van der Waals surface area contributed by atoms with E-state index in [2.05, 4.69) is 74.9 Å². The van der Waals surface area contributed by atoms with Crippen molar-refractivity contribution in [2.75, 3.05) is 13.2 Å². The molecule has 0 aromatic heterocycles. The quantitative estimate of drug-likeness (QED) is 0.561. The number of benzene rings is 2. The molecule has 1 nitrogen and oxygen atoms in total. The van der Waals surface area contributed by atoms with Crippen LogP contribution in [0, 0.1) is 3.57 Å². The SMILES string of the molecule is Brc1ccc(I)c2ccccc12.C1CCOC1. The molecule has 2 aromatic carbocycles. The van der Waals surface area contributed by atoms with E-state index in [4.69, 9.17) is 4.74 Å². The molecule has 0 unspecified atom stereocenters. The van der Waals surface area contributed by atoms with Gasteiger partial charge in [0.2, 0.25) is 0 Å². The van der Waals surface area contributed by atoms with Gasteiger partial charge >= 0.3 is 0 Å². The van der Waals surface area contributed by atoms with Crippen molar-refractivity contribution in [3.05, 3.63) is 44.4 Å². The zero-order chi connectivity index (χ0) is 12.1. The Morgan fingerprint density at radius 1 is 0.941 bits per heavy atom. The van der Waals surface area contributed by atoms with E-state index in [9.17, 15) is 0 Å². The van der Waals surface area contributed by atoms with Crippen molar-refractivity contribution in [1.29, 1.82) is 0 Å². The fourth-order valence-electron chi connectivity index (χ4n) is 1.74. The van der Waals surface area contributed by atoms with Crippen molar-refractivity contribution in [3.8, 4) is 0 Å². The topological polar surface area (TPSA) is 9.23 Å². The monoisotopic (exact) mass is 404 g/mol. The highest BCUT2D eigenvalue weighted by atomic mass is 127. The van der Waals surface area contributed by atoms with Crippen molar-refractivity contribution in [3.63, 3.8) is 0 Å². The molecule has 1 saturated heterocycles. The van der Waals surface area contributed by atoms with Crippen LogP contribution < -0.4 is 0 Å². The molecule has 2 aromatic rings. The Morgan fingerprint density at radius 2 is 1.59 bits per heavy atom. The van der Waals surface area contributed by atoms with Gasteiger partial charge in [0.05, 0.1) is 0 Å². The van der Waals surface area contributed by atoms with Gasteiger partial charge < -0.3 is 4.74 Å². The molecular formula is C14H14BrIO. The summed E-state index contributed by atoms with van der Waals surface area (Å²) in [5.74, 6) is 0. The van der Waals surface area contributed by atoms with Crippen LogP contribution in [-0.2, 0) is 4.74 Å². The molecule has 0 aliphatic carbocycles. The fraction of sp³-hybridized carbons (Fsp3) is 0.286. The zero-order valence-corrected chi connectivity index (χ0v) is 13.2. The van der Waals surface area contributed by atoms with Gasteiger partial charge in [-0.2, -0.15) is 0 Å². The van der Waals surface area contributed by atoms with E-state index < -0.39 is 0 Å². The minimum Gasteiger partial charge on any atom is -0.381 e. The number of ether oxygens (including phenoxy) is 1. The largest absolute Gasteiger partial charge is 0.381 e. The highest BCUT2D eigenvalue weighted by molar-refractivity contribution is 14.1. The van der Waals surface area contributed by atoms with Crippen molar-refractivity contribution in [2.45, 2.75) is 12.8 Å². The van der Waals surface area contributed by atoms with Crippen LogP contribution in [-0.4, -0.2) is 13.2 Å². The second-order valence-electron chi connectivity index (χ2n) is 3.89. The van der Waals surface area contributed by atoms with E-state index in [0.717, 1.165) is 13.2 Å². The summed E-state index contributed by atoms with van der Waals surface area (Å²) >= 11 is 5.88. The van der Waals surface area contributed by atoms with Gasteiger partial charge in [-0.1, -0.05) is 40.2 Å². The summed E-state index contributed by atoms with van der Waals surface area (Å²) in [7, 11) is 0. The summed E-state index contributed by atoms with van der Waals surface area (Å²) in [4.78, 5) is 0. The van der Waals surface area contributed by atoms with Gasteiger partial charge in [-0.15, -0.1) is 0 Å². The Hall–Kier alpha value is -0.130. The van der Waals surface area contributed by atoms with Crippen molar-refractivity contribution in [1.82, 2.24) is 0 Å². The van der Waals surface area contributed by atoms with E-state index in [1.165, 1.54) is 31.7 Å². The number of hydrogen-bond donors (Lipinski definition) is 0. The van der Waals surface area contributed by atoms with Crippen LogP contribution in [0.3, 0.4) is 0 Å². The van der Waals surface area contributed by atoms with E-state index >= 15 is 0 Å². The smallest absolute Gasteiger partial charge is 0.0466 e.